The molecule has 0 atom stereocenters. The number of fused-ring (bicyclic) bond motifs is 1. The number of benzene rings is 1. The maximum Gasteiger partial charge on any atom is 0.0453 e. The molecule has 7 aliphatic rings. The maximum atomic E-state index is 3.12. The standard InChI is InChI=1S/C14H20.C8H7N/c1-7-2-12-10-4-8-5-11(9(1)10)13(3-7)14(12)6-8;1-2-4-8-7(3-1)5-6-9-8/h7-14H,1-6H2;1-6,9H. The van der Waals surface area contributed by atoms with E-state index in [1.165, 1.54) is 58.2 Å². The molecule has 1 heterocycles. The number of aromatic amines is 1. The van der Waals surface area contributed by atoms with Crippen molar-refractivity contribution < 1.29 is 0 Å². The zero-order valence-electron chi connectivity index (χ0n) is 13.8. The van der Waals surface area contributed by atoms with Gasteiger partial charge >= 0.3 is 0 Å². The molecule has 120 valence electrons. The first-order valence-electron chi connectivity index (χ1n) is 9.89. The lowest BCUT2D eigenvalue weighted by Crippen LogP contribution is -2.62. The van der Waals surface area contributed by atoms with Crippen LogP contribution in [0.15, 0.2) is 36.5 Å². The molecule has 9 rings (SSSR count). The summed E-state index contributed by atoms with van der Waals surface area (Å²) < 4.78 is 0. The summed E-state index contributed by atoms with van der Waals surface area (Å²) in [6, 6.07) is 10.3. The molecule has 1 N–H and O–H groups in total. The molecular weight excluding hydrogens is 278 g/mol. The summed E-state index contributed by atoms with van der Waals surface area (Å²) in [5, 5.41) is 1.28. The monoisotopic (exact) mass is 305 g/mol. The van der Waals surface area contributed by atoms with Gasteiger partial charge in [-0.15, -0.1) is 0 Å². The first-order chi connectivity index (χ1) is 11.4. The Morgan fingerprint density at radius 2 is 1.09 bits per heavy atom. The fourth-order valence-corrected chi connectivity index (χ4v) is 7.88. The molecule has 0 unspecified atom stereocenters. The molecule has 7 saturated carbocycles. The van der Waals surface area contributed by atoms with Crippen LogP contribution in [0, 0.1) is 47.3 Å². The van der Waals surface area contributed by atoms with Crippen LogP contribution in [0.4, 0.5) is 0 Å². The topological polar surface area (TPSA) is 15.8 Å². The minimum Gasteiger partial charge on any atom is -0.361 e. The van der Waals surface area contributed by atoms with E-state index in [0.29, 0.717) is 0 Å². The third-order valence-electron chi connectivity index (χ3n) is 8.40. The molecule has 1 heteroatoms. The number of H-pyrrole nitrogens is 1. The third kappa shape index (κ3) is 1.80. The lowest BCUT2D eigenvalue weighted by Gasteiger charge is -2.69. The van der Waals surface area contributed by atoms with Crippen LogP contribution in [-0.2, 0) is 0 Å². The third-order valence-corrected chi connectivity index (χ3v) is 8.40. The van der Waals surface area contributed by atoms with Crippen LogP contribution in [0.1, 0.15) is 38.5 Å². The van der Waals surface area contributed by atoms with Gasteiger partial charge in [-0.3, -0.25) is 0 Å². The molecule has 1 aromatic heterocycles. The van der Waals surface area contributed by atoms with Crippen molar-refractivity contribution in [2.75, 3.05) is 0 Å². The van der Waals surface area contributed by atoms with Crippen LogP contribution in [0.2, 0.25) is 0 Å². The van der Waals surface area contributed by atoms with Crippen molar-refractivity contribution in [2.45, 2.75) is 38.5 Å². The lowest BCUT2D eigenvalue weighted by atomic mass is 9.36. The zero-order chi connectivity index (χ0) is 15.0. The molecule has 0 radical (unpaired) electrons. The van der Waals surface area contributed by atoms with Crippen molar-refractivity contribution >= 4 is 10.9 Å². The van der Waals surface area contributed by atoms with Gasteiger partial charge in [0.2, 0.25) is 0 Å². The van der Waals surface area contributed by atoms with Crippen LogP contribution in [-0.4, -0.2) is 4.98 Å². The number of aromatic nitrogens is 1. The van der Waals surface area contributed by atoms with Crippen molar-refractivity contribution in [3.8, 4) is 0 Å². The van der Waals surface area contributed by atoms with E-state index in [1.807, 2.05) is 18.3 Å². The Bertz CT molecular complexity index is 611. The Balaban J connectivity index is 0.000000109. The van der Waals surface area contributed by atoms with Gasteiger partial charge in [-0.1, -0.05) is 18.2 Å². The Morgan fingerprint density at radius 1 is 0.609 bits per heavy atom. The largest absolute Gasteiger partial charge is 0.361 e. The molecule has 23 heavy (non-hydrogen) atoms. The summed E-state index contributed by atoms with van der Waals surface area (Å²) in [6.07, 6.45) is 11.9. The van der Waals surface area contributed by atoms with Crippen LogP contribution in [0.25, 0.3) is 10.9 Å². The average Bonchev–Trinajstić information content (AvgIpc) is 3.08. The smallest absolute Gasteiger partial charge is 0.0453 e. The van der Waals surface area contributed by atoms with E-state index in [2.05, 4.69) is 23.2 Å². The number of hydrogen-bond acceptors (Lipinski definition) is 0. The van der Waals surface area contributed by atoms with E-state index in [9.17, 15) is 0 Å². The van der Waals surface area contributed by atoms with E-state index in [0.717, 1.165) is 0 Å². The van der Waals surface area contributed by atoms with E-state index in [1.54, 1.807) is 38.5 Å². The van der Waals surface area contributed by atoms with E-state index < -0.39 is 0 Å². The first-order valence-corrected chi connectivity index (χ1v) is 9.89. The molecule has 7 aliphatic carbocycles. The molecule has 1 aromatic carbocycles. The van der Waals surface area contributed by atoms with Crippen molar-refractivity contribution in [3.05, 3.63) is 36.5 Å². The Kier molecular flexibility index (Phi) is 2.65. The number of hydrogen-bond donors (Lipinski definition) is 1. The van der Waals surface area contributed by atoms with E-state index >= 15 is 0 Å². The molecule has 7 fully saturated rings. The van der Waals surface area contributed by atoms with Crippen molar-refractivity contribution in [3.63, 3.8) is 0 Å². The van der Waals surface area contributed by atoms with Gasteiger partial charge in [0.1, 0.15) is 0 Å². The Labute approximate surface area is 138 Å². The summed E-state index contributed by atoms with van der Waals surface area (Å²) in [6.45, 7) is 0. The van der Waals surface area contributed by atoms with Crippen molar-refractivity contribution in [1.82, 2.24) is 4.98 Å². The molecular formula is C22H27N. The van der Waals surface area contributed by atoms with E-state index in [4.69, 9.17) is 0 Å². The predicted molar refractivity (Wildman–Crippen MR) is 93.9 cm³/mol. The lowest BCUT2D eigenvalue weighted by molar-refractivity contribution is -0.202. The number of para-hydroxylation sites is 1. The van der Waals surface area contributed by atoms with Gasteiger partial charge in [-0.05, 0) is 103 Å². The molecule has 1 nitrogen and oxygen atoms in total. The first kappa shape index (κ1) is 13.1. The summed E-state index contributed by atoms with van der Waals surface area (Å²) in [5.74, 6) is 9.74. The summed E-state index contributed by atoms with van der Waals surface area (Å²) in [7, 11) is 0. The Hall–Kier alpha value is -1.24. The highest BCUT2D eigenvalue weighted by molar-refractivity contribution is 5.78. The Morgan fingerprint density at radius 3 is 1.57 bits per heavy atom. The van der Waals surface area contributed by atoms with Crippen LogP contribution in [0.3, 0.4) is 0 Å². The highest BCUT2D eigenvalue weighted by atomic mass is 14.7. The minimum atomic E-state index is 1.19. The van der Waals surface area contributed by atoms with Crippen molar-refractivity contribution in [1.29, 1.82) is 0 Å². The average molecular weight is 305 g/mol. The molecule has 0 amide bonds. The molecule has 0 saturated heterocycles. The predicted octanol–water partition coefficient (Wildman–Crippen LogP) is 5.49. The van der Waals surface area contributed by atoms with Gasteiger partial charge in [-0.25, -0.2) is 0 Å². The summed E-state index contributed by atoms with van der Waals surface area (Å²) in [4.78, 5) is 3.12. The van der Waals surface area contributed by atoms with E-state index in [-0.39, 0.29) is 0 Å². The number of rotatable bonds is 0. The fraction of sp³-hybridized carbons (Fsp3) is 0.636. The zero-order valence-corrected chi connectivity index (χ0v) is 13.8. The number of nitrogens with one attached hydrogen (secondary N) is 1. The second-order valence-electron chi connectivity index (χ2n) is 9.19. The van der Waals surface area contributed by atoms with Gasteiger partial charge < -0.3 is 4.98 Å². The summed E-state index contributed by atoms with van der Waals surface area (Å²) >= 11 is 0. The second kappa shape index (κ2) is 4.65. The fourth-order valence-electron chi connectivity index (χ4n) is 7.88. The van der Waals surface area contributed by atoms with Crippen LogP contribution >= 0.6 is 0 Å². The molecule has 0 aliphatic heterocycles. The maximum absolute atomic E-state index is 3.12. The highest BCUT2D eigenvalue weighted by Gasteiger charge is 2.63. The quantitative estimate of drug-likeness (QED) is 0.662. The molecule has 2 aromatic rings. The van der Waals surface area contributed by atoms with Gasteiger partial charge in [0, 0.05) is 11.7 Å². The van der Waals surface area contributed by atoms with Gasteiger partial charge in [0.25, 0.3) is 0 Å². The van der Waals surface area contributed by atoms with Crippen LogP contribution in [0.5, 0.6) is 0 Å². The SMILES string of the molecule is C1C2CC3C4CC5CC(C14)C(C2)C3C5.c1ccc2[nH]ccc2c1. The molecule has 0 spiro atoms. The van der Waals surface area contributed by atoms with Crippen LogP contribution < -0.4 is 0 Å². The van der Waals surface area contributed by atoms with Crippen molar-refractivity contribution in [2.24, 2.45) is 47.3 Å². The normalized spacial score (nSPS) is 47.8. The summed E-state index contributed by atoms with van der Waals surface area (Å²) in [5.41, 5.74) is 1.21. The van der Waals surface area contributed by atoms with Gasteiger partial charge in [0.15, 0.2) is 0 Å². The van der Waals surface area contributed by atoms with Gasteiger partial charge in [-0.2, -0.15) is 0 Å². The minimum absolute atomic E-state index is 1.19. The highest BCUT2D eigenvalue weighted by Crippen LogP contribution is 2.71. The second-order valence-corrected chi connectivity index (χ2v) is 9.19. The van der Waals surface area contributed by atoms with Gasteiger partial charge in [0.05, 0.1) is 0 Å². The molecule has 8 bridgehead atoms.